The maximum Gasteiger partial charge on any atom is 0.247 e. The number of halogens is 1. The van der Waals surface area contributed by atoms with Crippen molar-refractivity contribution in [2.45, 2.75) is 43.7 Å². The smallest absolute Gasteiger partial charge is 0.247 e. The molecule has 170 valence electrons. The molecule has 0 amide bonds. The number of hydrogen-bond donors (Lipinski definition) is 1. The third kappa shape index (κ3) is 5.55. The number of fused-ring (bicyclic) bond motifs is 1. The van der Waals surface area contributed by atoms with Crippen LogP contribution in [0.3, 0.4) is 0 Å². The van der Waals surface area contributed by atoms with Crippen LogP contribution in [0.15, 0.2) is 27.6 Å². The van der Waals surface area contributed by atoms with Crippen LogP contribution < -0.4 is 4.74 Å². The normalized spacial score (nSPS) is 26.5. The zero-order valence-corrected chi connectivity index (χ0v) is 20.4. The van der Waals surface area contributed by atoms with E-state index in [1.54, 1.807) is 25.1 Å². The zero-order valence-electron chi connectivity index (χ0n) is 18.0. The predicted molar refractivity (Wildman–Crippen MR) is 119 cm³/mol. The van der Waals surface area contributed by atoms with Crippen molar-refractivity contribution in [2.24, 2.45) is 11.8 Å². The quantitative estimate of drug-likeness (QED) is 0.641. The summed E-state index contributed by atoms with van der Waals surface area (Å²) in [6.07, 6.45) is 1.97. The lowest BCUT2D eigenvalue weighted by Crippen LogP contribution is -2.50. The predicted octanol–water partition coefficient (Wildman–Crippen LogP) is 2.58. The molecule has 7 nitrogen and oxygen atoms in total. The fourth-order valence-corrected chi connectivity index (χ4v) is 6.33. The third-order valence-corrected chi connectivity index (χ3v) is 8.54. The van der Waals surface area contributed by atoms with Crippen LogP contribution in [0.2, 0.25) is 0 Å². The van der Waals surface area contributed by atoms with Gasteiger partial charge in [-0.2, -0.15) is 4.31 Å². The summed E-state index contributed by atoms with van der Waals surface area (Å²) in [6, 6.07) is 4.49. The van der Waals surface area contributed by atoms with Gasteiger partial charge in [-0.05, 0) is 50.9 Å². The molecule has 0 radical (unpaired) electrons. The van der Waals surface area contributed by atoms with Gasteiger partial charge < -0.3 is 19.5 Å². The van der Waals surface area contributed by atoms with E-state index in [-0.39, 0.29) is 23.5 Å². The Morgan fingerprint density at radius 2 is 2.00 bits per heavy atom. The molecular weight excluding hydrogens is 472 g/mol. The van der Waals surface area contributed by atoms with Crippen LogP contribution in [0, 0.1) is 11.8 Å². The van der Waals surface area contributed by atoms with Crippen LogP contribution in [0.5, 0.6) is 5.75 Å². The Hall–Kier alpha value is -0.710. The number of rotatable bonds is 6. The second-order valence-electron chi connectivity index (χ2n) is 8.61. The van der Waals surface area contributed by atoms with Gasteiger partial charge >= 0.3 is 0 Å². The fourth-order valence-electron chi connectivity index (χ4n) is 4.17. The Labute approximate surface area is 188 Å². The van der Waals surface area contributed by atoms with Gasteiger partial charge in [0.05, 0.1) is 6.61 Å². The highest BCUT2D eigenvalue weighted by molar-refractivity contribution is 9.10. The molecular formula is C21H33BrN2O5S. The van der Waals surface area contributed by atoms with Crippen molar-refractivity contribution in [3.05, 3.63) is 22.7 Å². The van der Waals surface area contributed by atoms with Crippen molar-refractivity contribution >= 4 is 26.0 Å². The first-order valence-electron chi connectivity index (χ1n) is 10.6. The molecule has 0 spiro atoms. The topological polar surface area (TPSA) is 79.3 Å². The van der Waals surface area contributed by atoms with Gasteiger partial charge in [-0.1, -0.05) is 22.9 Å². The van der Waals surface area contributed by atoms with Gasteiger partial charge in [0.15, 0.2) is 0 Å². The molecule has 3 rings (SSSR count). The minimum absolute atomic E-state index is 0.0435. The molecule has 1 aromatic carbocycles. The molecule has 1 N–H and O–H groups in total. The molecule has 0 bridgehead atoms. The van der Waals surface area contributed by atoms with Crippen molar-refractivity contribution in [3.63, 3.8) is 0 Å². The van der Waals surface area contributed by atoms with E-state index >= 15 is 0 Å². The van der Waals surface area contributed by atoms with Crippen LogP contribution in [0.25, 0.3) is 0 Å². The van der Waals surface area contributed by atoms with E-state index in [9.17, 15) is 13.5 Å². The second-order valence-corrected chi connectivity index (χ2v) is 11.4. The van der Waals surface area contributed by atoms with Gasteiger partial charge in [-0.25, -0.2) is 8.42 Å². The van der Waals surface area contributed by atoms with E-state index in [4.69, 9.17) is 9.47 Å². The number of nitrogens with zero attached hydrogens (tertiary/aromatic N) is 2. The summed E-state index contributed by atoms with van der Waals surface area (Å²) in [4.78, 5) is 2.43. The second kappa shape index (κ2) is 10.3. The summed E-state index contributed by atoms with van der Waals surface area (Å²) in [6.45, 7) is 7.13. The molecule has 1 saturated heterocycles. The fraction of sp³-hybridized carbons (Fsp3) is 0.714. The van der Waals surface area contributed by atoms with Crippen LogP contribution in [0.4, 0.5) is 0 Å². The van der Waals surface area contributed by atoms with E-state index in [1.807, 2.05) is 6.92 Å². The molecule has 2 aliphatic heterocycles. The number of likely N-dealkylation sites (N-methyl/N-ethyl adjacent to an activating group) is 1. The molecule has 0 unspecified atom stereocenters. The lowest BCUT2D eigenvalue weighted by atomic mass is 9.98. The van der Waals surface area contributed by atoms with Gasteiger partial charge in [0.25, 0.3) is 0 Å². The van der Waals surface area contributed by atoms with E-state index in [1.165, 1.54) is 4.31 Å². The van der Waals surface area contributed by atoms with Crippen LogP contribution >= 0.6 is 15.9 Å². The molecule has 9 heteroatoms. The van der Waals surface area contributed by atoms with Crippen molar-refractivity contribution in [1.82, 2.24) is 9.21 Å². The number of benzene rings is 1. The number of ether oxygens (including phenoxy) is 2. The monoisotopic (exact) mass is 504 g/mol. The van der Waals surface area contributed by atoms with Gasteiger partial charge in [0.1, 0.15) is 16.7 Å². The molecule has 0 aromatic heterocycles. The first-order valence-corrected chi connectivity index (χ1v) is 12.8. The SMILES string of the molecule is C[C@H]1CN([C@@H](C)CO)S(=O)(=O)c2ccc(Br)cc2O[C@@H]1CN(C)CC1CCOCC1. The number of aliphatic hydroxyl groups is 1. The summed E-state index contributed by atoms with van der Waals surface area (Å²) >= 11 is 3.43. The summed E-state index contributed by atoms with van der Waals surface area (Å²) < 4.78 is 40.6. The summed E-state index contributed by atoms with van der Waals surface area (Å²) in [7, 11) is -1.68. The summed E-state index contributed by atoms with van der Waals surface area (Å²) in [5, 5.41) is 9.69. The van der Waals surface area contributed by atoms with E-state index in [0.29, 0.717) is 24.8 Å². The molecule has 3 atom stereocenters. The summed E-state index contributed by atoms with van der Waals surface area (Å²) in [5.41, 5.74) is 0. The highest BCUT2D eigenvalue weighted by Gasteiger charge is 2.38. The minimum atomic E-state index is -3.78. The Bertz CT molecular complexity index is 816. The maximum absolute atomic E-state index is 13.3. The Balaban J connectivity index is 1.86. The van der Waals surface area contributed by atoms with E-state index in [0.717, 1.165) is 37.1 Å². The van der Waals surface area contributed by atoms with Crippen molar-refractivity contribution in [2.75, 3.05) is 46.5 Å². The lowest BCUT2D eigenvalue weighted by Gasteiger charge is -2.38. The van der Waals surface area contributed by atoms with Gasteiger partial charge in [0.2, 0.25) is 10.0 Å². The number of aliphatic hydroxyl groups excluding tert-OH is 1. The molecule has 0 saturated carbocycles. The third-order valence-electron chi connectivity index (χ3n) is 6.03. The summed E-state index contributed by atoms with van der Waals surface area (Å²) in [5.74, 6) is 0.925. The molecule has 1 aromatic rings. The largest absolute Gasteiger partial charge is 0.487 e. The van der Waals surface area contributed by atoms with Gasteiger partial charge in [0, 0.05) is 49.3 Å². The Morgan fingerprint density at radius 1 is 1.30 bits per heavy atom. The molecule has 0 aliphatic carbocycles. The van der Waals surface area contributed by atoms with Crippen molar-refractivity contribution in [3.8, 4) is 5.75 Å². The first-order chi connectivity index (χ1) is 14.2. The molecule has 30 heavy (non-hydrogen) atoms. The molecule has 1 fully saturated rings. The van der Waals surface area contributed by atoms with Gasteiger partial charge in [-0.15, -0.1) is 0 Å². The standard InChI is InChI=1S/C21H33BrN2O5S/c1-15-11-24(16(2)14-25)30(26,27)21-5-4-18(22)10-19(21)29-20(15)13-23(3)12-17-6-8-28-9-7-17/h4-5,10,15-17,20,25H,6-9,11-14H2,1-3H3/t15-,16-,20+/m0/s1. The zero-order chi connectivity index (χ0) is 21.9. The molecule has 2 heterocycles. The van der Waals surface area contributed by atoms with E-state index < -0.39 is 16.1 Å². The highest BCUT2D eigenvalue weighted by Crippen LogP contribution is 2.35. The van der Waals surface area contributed by atoms with Crippen LogP contribution in [-0.2, 0) is 14.8 Å². The minimum Gasteiger partial charge on any atom is -0.487 e. The van der Waals surface area contributed by atoms with Crippen molar-refractivity contribution in [1.29, 1.82) is 0 Å². The Morgan fingerprint density at radius 3 is 2.67 bits per heavy atom. The lowest BCUT2D eigenvalue weighted by molar-refractivity contribution is 0.0402. The highest BCUT2D eigenvalue weighted by atomic mass is 79.9. The average Bonchev–Trinajstić information content (AvgIpc) is 2.70. The molecule has 2 aliphatic rings. The van der Waals surface area contributed by atoms with Gasteiger partial charge in [-0.3, -0.25) is 0 Å². The number of sulfonamides is 1. The van der Waals surface area contributed by atoms with Crippen LogP contribution in [-0.4, -0.2) is 81.4 Å². The van der Waals surface area contributed by atoms with E-state index in [2.05, 4.69) is 27.9 Å². The first kappa shape index (κ1) is 23.9. The maximum atomic E-state index is 13.3. The van der Waals surface area contributed by atoms with Crippen LogP contribution in [0.1, 0.15) is 26.7 Å². The van der Waals surface area contributed by atoms with Crippen molar-refractivity contribution < 1.29 is 23.0 Å². The average molecular weight is 505 g/mol. The Kier molecular flexibility index (Phi) is 8.20. The number of hydrogen-bond acceptors (Lipinski definition) is 6.